The van der Waals surface area contributed by atoms with Gasteiger partial charge in [-0.25, -0.2) is 0 Å². The van der Waals surface area contributed by atoms with Gasteiger partial charge in [0.15, 0.2) is 0 Å². The highest BCUT2D eigenvalue weighted by molar-refractivity contribution is 5.66. The van der Waals surface area contributed by atoms with E-state index in [1.807, 2.05) is 13.1 Å². The second-order valence-electron chi connectivity index (χ2n) is 6.37. The minimum atomic E-state index is 0.722. The van der Waals surface area contributed by atoms with Crippen LogP contribution in [0.25, 0.3) is 11.1 Å². The topological polar surface area (TPSA) is 47.0 Å². The number of benzene rings is 2. The zero-order valence-electron chi connectivity index (χ0n) is 14.3. The molecule has 1 aliphatic heterocycles. The van der Waals surface area contributed by atoms with Crippen LogP contribution in [-0.2, 0) is 19.5 Å². The summed E-state index contributed by atoms with van der Waals surface area (Å²) in [5, 5.41) is 3.41. The Morgan fingerprint density at radius 2 is 1.80 bits per heavy atom. The van der Waals surface area contributed by atoms with Gasteiger partial charge < -0.3 is 10.1 Å². The molecule has 2 aromatic carbocycles. The van der Waals surface area contributed by atoms with E-state index in [1.54, 1.807) is 6.20 Å². The van der Waals surface area contributed by atoms with Gasteiger partial charge in [-0.1, -0.05) is 30.3 Å². The molecule has 0 amide bonds. The van der Waals surface area contributed by atoms with Gasteiger partial charge in [-0.15, -0.1) is 0 Å². The van der Waals surface area contributed by atoms with Gasteiger partial charge in [0.2, 0.25) is 0 Å². The van der Waals surface area contributed by atoms with Gasteiger partial charge in [0.1, 0.15) is 5.75 Å². The maximum atomic E-state index is 5.58. The summed E-state index contributed by atoms with van der Waals surface area (Å²) >= 11 is 0. The molecule has 4 heteroatoms. The number of fused-ring (bicyclic) bond motifs is 1. The SMILES string of the molecule is Cc1cnc(CNCc2ccc(-c3ccc4c(c3)CCO4)cc2)cn1. The number of aromatic nitrogens is 2. The second kappa shape index (κ2) is 7.03. The molecule has 4 nitrogen and oxygen atoms in total. The summed E-state index contributed by atoms with van der Waals surface area (Å²) < 4.78 is 5.58. The standard InChI is InChI=1S/C21H21N3O/c1-15-11-24-20(14-23-15)13-22-12-16-2-4-17(5-3-16)18-6-7-21-19(10-18)8-9-25-21/h2-7,10-11,14,22H,8-9,12-13H2,1H3. The van der Waals surface area contributed by atoms with Crippen molar-refractivity contribution in [3.63, 3.8) is 0 Å². The van der Waals surface area contributed by atoms with Crippen molar-refractivity contribution in [1.29, 1.82) is 0 Å². The fraction of sp³-hybridized carbons (Fsp3) is 0.238. The van der Waals surface area contributed by atoms with E-state index in [0.29, 0.717) is 0 Å². The predicted molar refractivity (Wildman–Crippen MR) is 98.4 cm³/mol. The van der Waals surface area contributed by atoms with Gasteiger partial charge in [0.05, 0.1) is 18.0 Å². The van der Waals surface area contributed by atoms with Crippen LogP contribution < -0.4 is 10.1 Å². The van der Waals surface area contributed by atoms with E-state index in [2.05, 4.69) is 57.7 Å². The molecule has 25 heavy (non-hydrogen) atoms. The number of hydrogen-bond acceptors (Lipinski definition) is 4. The van der Waals surface area contributed by atoms with Crippen LogP contribution >= 0.6 is 0 Å². The van der Waals surface area contributed by atoms with Gasteiger partial charge in [-0.05, 0) is 41.3 Å². The molecule has 0 saturated carbocycles. The lowest BCUT2D eigenvalue weighted by Crippen LogP contribution is -2.13. The van der Waals surface area contributed by atoms with Crippen molar-refractivity contribution in [2.24, 2.45) is 0 Å². The minimum Gasteiger partial charge on any atom is -0.493 e. The highest BCUT2D eigenvalue weighted by atomic mass is 16.5. The van der Waals surface area contributed by atoms with Crippen LogP contribution in [0, 0.1) is 6.92 Å². The first-order valence-electron chi connectivity index (χ1n) is 8.61. The Balaban J connectivity index is 1.37. The summed E-state index contributed by atoms with van der Waals surface area (Å²) in [6.45, 7) is 4.28. The number of aryl methyl sites for hydroxylation is 1. The summed E-state index contributed by atoms with van der Waals surface area (Å²) in [5.74, 6) is 1.03. The molecule has 126 valence electrons. The molecule has 4 rings (SSSR count). The van der Waals surface area contributed by atoms with Crippen LogP contribution in [0.1, 0.15) is 22.5 Å². The maximum Gasteiger partial charge on any atom is 0.122 e. The molecule has 2 heterocycles. The van der Waals surface area contributed by atoms with Crippen LogP contribution in [-0.4, -0.2) is 16.6 Å². The van der Waals surface area contributed by atoms with E-state index in [-0.39, 0.29) is 0 Å². The van der Waals surface area contributed by atoms with Crippen LogP contribution in [0.3, 0.4) is 0 Å². The molecule has 0 saturated heterocycles. The zero-order valence-corrected chi connectivity index (χ0v) is 14.3. The summed E-state index contributed by atoms with van der Waals surface area (Å²) in [6.07, 6.45) is 4.63. The molecule has 1 aliphatic rings. The minimum absolute atomic E-state index is 0.722. The Kier molecular flexibility index (Phi) is 4.44. The summed E-state index contributed by atoms with van der Waals surface area (Å²) in [7, 11) is 0. The highest BCUT2D eigenvalue weighted by Crippen LogP contribution is 2.30. The van der Waals surface area contributed by atoms with Crippen molar-refractivity contribution in [2.75, 3.05) is 6.61 Å². The highest BCUT2D eigenvalue weighted by Gasteiger charge is 2.12. The van der Waals surface area contributed by atoms with Gasteiger partial charge in [0, 0.05) is 31.9 Å². The third-order valence-electron chi connectivity index (χ3n) is 4.45. The van der Waals surface area contributed by atoms with E-state index in [1.165, 1.54) is 22.3 Å². The summed E-state index contributed by atoms with van der Waals surface area (Å²) in [4.78, 5) is 8.62. The smallest absolute Gasteiger partial charge is 0.122 e. The Morgan fingerprint density at radius 3 is 2.60 bits per heavy atom. The van der Waals surface area contributed by atoms with Crippen molar-refractivity contribution in [2.45, 2.75) is 26.4 Å². The Morgan fingerprint density at radius 1 is 0.960 bits per heavy atom. The maximum absolute atomic E-state index is 5.58. The normalized spacial score (nSPS) is 12.7. The summed E-state index contributed by atoms with van der Waals surface area (Å²) in [5.41, 5.74) is 6.96. The number of ether oxygens (including phenoxy) is 1. The third-order valence-corrected chi connectivity index (χ3v) is 4.45. The number of rotatable bonds is 5. The first kappa shape index (κ1) is 15.8. The average molecular weight is 331 g/mol. The molecule has 3 aromatic rings. The van der Waals surface area contributed by atoms with E-state index in [9.17, 15) is 0 Å². The molecule has 1 N–H and O–H groups in total. The third kappa shape index (κ3) is 3.69. The van der Waals surface area contributed by atoms with Crippen molar-refractivity contribution in [3.05, 3.63) is 77.4 Å². The van der Waals surface area contributed by atoms with Crippen LogP contribution in [0.2, 0.25) is 0 Å². The monoisotopic (exact) mass is 331 g/mol. The fourth-order valence-corrected chi connectivity index (χ4v) is 3.03. The lowest BCUT2D eigenvalue weighted by molar-refractivity contribution is 0.357. The van der Waals surface area contributed by atoms with Crippen molar-refractivity contribution in [3.8, 4) is 16.9 Å². The van der Waals surface area contributed by atoms with Crippen molar-refractivity contribution < 1.29 is 4.74 Å². The van der Waals surface area contributed by atoms with E-state index in [4.69, 9.17) is 4.74 Å². The second-order valence-corrected chi connectivity index (χ2v) is 6.37. The largest absolute Gasteiger partial charge is 0.493 e. The van der Waals surface area contributed by atoms with Gasteiger partial charge in [-0.2, -0.15) is 0 Å². The molecule has 0 unspecified atom stereocenters. The first-order valence-corrected chi connectivity index (χ1v) is 8.61. The molecule has 0 aliphatic carbocycles. The quantitative estimate of drug-likeness (QED) is 0.775. The lowest BCUT2D eigenvalue weighted by Gasteiger charge is -2.07. The predicted octanol–water partition coefficient (Wildman–Crippen LogP) is 3.68. The molecule has 0 atom stereocenters. The van der Waals surface area contributed by atoms with Crippen molar-refractivity contribution >= 4 is 0 Å². The van der Waals surface area contributed by atoms with E-state index in [0.717, 1.165) is 43.3 Å². The van der Waals surface area contributed by atoms with Gasteiger partial charge in [0.25, 0.3) is 0 Å². The lowest BCUT2D eigenvalue weighted by atomic mass is 10.0. The van der Waals surface area contributed by atoms with Crippen LogP contribution in [0.4, 0.5) is 0 Å². The van der Waals surface area contributed by atoms with Crippen molar-refractivity contribution in [1.82, 2.24) is 15.3 Å². The molecule has 0 fully saturated rings. The van der Waals surface area contributed by atoms with Crippen LogP contribution in [0.5, 0.6) is 5.75 Å². The molecular weight excluding hydrogens is 310 g/mol. The zero-order chi connectivity index (χ0) is 17.1. The molecule has 0 radical (unpaired) electrons. The average Bonchev–Trinajstić information content (AvgIpc) is 3.12. The molecular formula is C21H21N3O. The number of nitrogens with zero attached hydrogens (tertiary/aromatic N) is 2. The Labute approximate surface area is 147 Å². The molecule has 1 aromatic heterocycles. The number of hydrogen-bond donors (Lipinski definition) is 1. The Hall–Kier alpha value is -2.72. The Bertz CT molecular complexity index is 857. The molecule has 0 bridgehead atoms. The van der Waals surface area contributed by atoms with E-state index < -0.39 is 0 Å². The number of nitrogens with one attached hydrogen (secondary N) is 1. The van der Waals surface area contributed by atoms with Gasteiger partial charge in [-0.3, -0.25) is 9.97 Å². The molecule has 0 spiro atoms. The van der Waals surface area contributed by atoms with Crippen LogP contribution in [0.15, 0.2) is 54.9 Å². The van der Waals surface area contributed by atoms with E-state index >= 15 is 0 Å². The first-order chi connectivity index (χ1) is 12.3. The summed E-state index contributed by atoms with van der Waals surface area (Å²) in [6, 6.07) is 15.2. The fourth-order valence-electron chi connectivity index (χ4n) is 3.03. The van der Waals surface area contributed by atoms with Gasteiger partial charge >= 0.3 is 0 Å².